The average molecular weight is 350 g/mol. The average Bonchev–Trinajstić information content (AvgIpc) is 3.34. The highest BCUT2D eigenvalue weighted by Gasteiger charge is 2.25. The molecule has 3 aromatic rings. The van der Waals surface area contributed by atoms with Crippen LogP contribution >= 0.6 is 0 Å². The number of hydrogen-bond acceptors (Lipinski definition) is 4. The molecule has 2 heterocycles. The van der Waals surface area contributed by atoms with Crippen molar-refractivity contribution in [2.75, 3.05) is 0 Å². The Balaban J connectivity index is 1.41. The van der Waals surface area contributed by atoms with E-state index in [2.05, 4.69) is 38.3 Å². The van der Waals surface area contributed by atoms with Crippen molar-refractivity contribution in [1.29, 1.82) is 0 Å². The molecule has 1 aliphatic rings. The number of para-hydroxylation sites is 1. The van der Waals surface area contributed by atoms with Crippen LogP contribution in [0.3, 0.4) is 0 Å². The SMILES string of the molecule is Cc1cnn(C2CCC(NC(=O)c3ccccc3-n3cncn3)CC2)c1. The topological polar surface area (TPSA) is 77.6 Å². The molecule has 0 bridgehead atoms. The van der Waals surface area contributed by atoms with Gasteiger partial charge in [-0.3, -0.25) is 9.48 Å². The van der Waals surface area contributed by atoms with Gasteiger partial charge in [0.05, 0.1) is 23.5 Å². The maximum absolute atomic E-state index is 12.8. The molecule has 2 aromatic heterocycles. The summed E-state index contributed by atoms with van der Waals surface area (Å²) in [5, 5.41) is 11.7. The van der Waals surface area contributed by atoms with Gasteiger partial charge in [0.2, 0.25) is 0 Å². The fraction of sp³-hybridized carbons (Fsp3) is 0.368. The van der Waals surface area contributed by atoms with E-state index in [1.54, 1.807) is 11.0 Å². The zero-order valence-corrected chi connectivity index (χ0v) is 14.7. The summed E-state index contributed by atoms with van der Waals surface area (Å²) in [6, 6.07) is 8.08. The summed E-state index contributed by atoms with van der Waals surface area (Å²) in [7, 11) is 0. The second kappa shape index (κ2) is 7.11. The van der Waals surface area contributed by atoms with Crippen molar-refractivity contribution in [2.45, 2.75) is 44.7 Å². The molecule has 7 heteroatoms. The number of aromatic nitrogens is 5. The quantitative estimate of drug-likeness (QED) is 0.785. The Kier molecular flexibility index (Phi) is 4.51. The van der Waals surface area contributed by atoms with Crippen molar-refractivity contribution >= 4 is 5.91 Å². The number of hydrogen-bond donors (Lipinski definition) is 1. The molecule has 0 spiro atoms. The zero-order chi connectivity index (χ0) is 17.9. The number of aryl methyl sites for hydroxylation is 1. The predicted molar refractivity (Wildman–Crippen MR) is 97.1 cm³/mol. The van der Waals surface area contributed by atoms with E-state index in [9.17, 15) is 4.79 Å². The third-order valence-electron chi connectivity index (χ3n) is 4.95. The third-order valence-corrected chi connectivity index (χ3v) is 4.95. The van der Waals surface area contributed by atoms with Crippen molar-refractivity contribution in [3.63, 3.8) is 0 Å². The third kappa shape index (κ3) is 3.37. The Hall–Kier alpha value is -2.96. The molecule has 1 N–H and O–H groups in total. The summed E-state index contributed by atoms with van der Waals surface area (Å²) in [5.74, 6) is -0.0607. The Morgan fingerprint density at radius 2 is 1.96 bits per heavy atom. The van der Waals surface area contributed by atoms with E-state index in [-0.39, 0.29) is 11.9 Å². The van der Waals surface area contributed by atoms with E-state index in [0.29, 0.717) is 11.6 Å². The summed E-state index contributed by atoms with van der Waals surface area (Å²) in [6.45, 7) is 2.06. The lowest BCUT2D eigenvalue weighted by Gasteiger charge is -2.29. The van der Waals surface area contributed by atoms with Crippen molar-refractivity contribution in [2.24, 2.45) is 0 Å². The van der Waals surface area contributed by atoms with Crippen LogP contribution in [-0.2, 0) is 0 Å². The van der Waals surface area contributed by atoms with Gasteiger partial charge in [0, 0.05) is 12.2 Å². The fourth-order valence-electron chi connectivity index (χ4n) is 3.58. The molecule has 26 heavy (non-hydrogen) atoms. The van der Waals surface area contributed by atoms with Crippen LogP contribution in [0.25, 0.3) is 5.69 Å². The van der Waals surface area contributed by atoms with Crippen LogP contribution in [-0.4, -0.2) is 36.5 Å². The molecule has 134 valence electrons. The van der Waals surface area contributed by atoms with Crippen LogP contribution in [0, 0.1) is 6.92 Å². The van der Waals surface area contributed by atoms with Gasteiger partial charge >= 0.3 is 0 Å². The van der Waals surface area contributed by atoms with Crippen LogP contribution in [0.15, 0.2) is 49.3 Å². The summed E-state index contributed by atoms with van der Waals surface area (Å²) in [4.78, 5) is 16.8. The molecule has 1 aromatic carbocycles. The first-order chi connectivity index (χ1) is 12.7. The first-order valence-electron chi connectivity index (χ1n) is 8.96. The molecule has 0 radical (unpaired) electrons. The van der Waals surface area contributed by atoms with Gasteiger partial charge in [-0.05, 0) is 50.3 Å². The van der Waals surface area contributed by atoms with Gasteiger partial charge in [-0.15, -0.1) is 0 Å². The lowest BCUT2D eigenvalue weighted by molar-refractivity contribution is 0.0921. The van der Waals surface area contributed by atoms with Crippen LogP contribution < -0.4 is 5.32 Å². The highest BCUT2D eigenvalue weighted by Crippen LogP contribution is 2.28. The molecule has 0 unspecified atom stereocenters. The Labute approximate surface area is 152 Å². The van der Waals surface area contributed by atoms with Crippen molar-refractivity contribution in [3.8, 4) is 5.69 Å². The van der Waals surface area contributed by atoms with E-state index in [1.165, 1.54) is 11.9 Å². The minimum absolute atomic E-state index is 0.0607. The van der Waals surface area contributed by atoms with Crippen LogP contribution in [0.4, 0.5) is 0 Å². The zero-order valence-electron chi connectivity index (χ0n) is 14.7. The lowest BCUT2D eigenvalue weighted by atomic mass is 9.91. The molecular formula is C19H22N6O. The summed E-state index contributed by atoms with van der Waals surface area (Å²) in [5.41, 5.74) is 2.54. The molecular weight excluding hydrogens is 328 g/mol. The van der Waals surface area contributed by atoms with Crippen molar-refractivity contribution < 1.29 is 4.79 Å². The van der Waals surface area contributed by atoms with Crippen LogP contribution in [0.5, 0.6) is 0 Å². The minimum atomic E-state index is -0.0607. The summed E-state index contributed by atoms with van der Waals surface area (Å²) >= 11 is 0. The number of nitrogens with zero attached hydrogens (tertiary/aromatic N) is 5. The molecule has 1 saturated carbocycles. The first-order valence-corrected chi connectivity index (χ1v) is 8.96. The van der Waals surface area contributed by atoms with Gasteiger partial charge in [0.1, 0.15) is 12.7 Å². The summed E-state index contributed by atoms with van der Waals surface area (Å²) in [6.07, 6.45) is 11.0. The van der Waals surface area contributed by atoms with E-state index >= 15 is 0 Å². The molecule has 1 aliphatic carbocycles. The Morgan fingerprint density at radius 1 is 1.15 bits per heavy atom. The first kappa shape index (κ1) is 16.5. The fourth-order valence-corrected chi connectivity index (χ4v) is 3.58. The number of rotatable bonds is 4. The number of nitrogens with one attached hydrogen (secondary N) is 1. The molecule has 4 rings (SSSR count). The normalized spacial score (nSPS) is 20.0. The largest absolute Gasteiger partial charge is 0.349 e. The van der Waals surface area contributed by atoms with Crippen LogP contribution in [0.1, 0.15) is 47.6 Å². The molecule has 1 amide bonds. The highest BCUT2D eigenvalue weighted by atomic mass is 16.1. The van der Waals surface area contributed by atoms with Crippen molar-refractivity contribution in [1.82, 2.24) is 29.9 Å². The second-order valence-electron chi connectivity index (χ2n) is 6.83. The van der Waals surface area contributed by atoms with Crippen molar-refractivity contribution in [3.05, 3.63) is 60.4 Å². The number of carbonyl (C=O) groups is 1. The lowest BCUT2D eigenvalue weighted by Crippen LogP contribution is -2.38. The predicted octanol–water partition coefficient (Wildman–Crippen LogP) is 2.69. The monoisotopic (exact) mass is 350 g/mol. The van der Waals surface area contributed by atoms with Gasteiger partial charge in [0.15, 0.2) is 0 Å². The minimum Gasteiger partial charge on any atom is -0.349 e. The summed E-state index contributed by atoms with van der Waals surface area (Å²) < 4.78 is 3.68. The molecule has 1 fully saturated rings. The second-order valence-corrected chi connectivity index (χ2v) is 6.83. The van der Waals surface area contributed by atoms with E-state index in [0.717, 1.165) is 31.4 Å². The maximum atomic E-state index is 12.8. The van der Waals surface area contributed by atoms with Gasteiger partial charge in [-0.2, -0.15) is 10.2 Å². The maximum Gasteiger partial charge on any atom is 0.253 e. The Bertz CT molecular complexity index is 877. The number of carbonyl (C=O) groups excluding carboxylic acids is 1. The van der Waals surface area contributed by atoms with Gasteiger partial charge in [-0.1, -0.05) is 12.1 Å². The highest BCUT2D eigenvalue weighted by molar-refractivity contribution is 5.97. The standard InChI is InChI=1S/C19H22N6O/c1-14-10-21-24(11-14)16-8-6-15(7-9-16)23-19(26)17-4-2-3-5-18(17)25-13-20-12-22-25/h2-5,10-13,15-16H,6-9H2,1H3,(H,23,26). The van der Waals surface area contributed by atoms with E-state index < -0.39 is 0 Å². The van der Waals surface area contributed by atoms with Crippen LogP contribution in [0.2, 0.25) is 0 Å². The number of amides is 1. The van der Waals surface area contributed by atoms with Gasteiger partial charge in [-0.25, -0.2) is 9.67 Å². The molecule has 0 aliphatic heterocycles. The molecule has 0 saturated heterocycles. The molecule has 0 atom stereocenters. The van der Waals surface area contributed by atoms with Gasteiger partial charge in [0.25, 0.3) is 5.91 Å². The molecule has 7 nitrogen and oxygen atoms in total. The smallest absolute Gasteiger partial charge is 0.253 e. The van der Waals surface area contributed by atoms with E-state index in [1.807, 2.05) is 30.5 Å². The van der Waals surface area contributed by atoms with E-state index in [4.69, 9.17) is 0 Å². The number of benzene rings is 1. The van der Waals surface area contributed by atoms with Gasteiger partial charge < -0.3 is 5.32 Å². The Morgan fingerprint density at radius 3 is 2.65 bits per heavy atom.